The fraction of sp³-hybridized carbons (Fsp3) is 0.400. The molecule has 0 fully saturated rings. The molecule has 0 spiro atoms. The summed E-state index contributed by atoms with van der Waals surface area (Å²) in [5.41, 5.74) is 0.736. The number of phenolic OH excluding ortho intramolecular Hbond substituents is 2. The zero-order valence-corrected chi connectivity index (χ0v) is 7.87. The van der Waals surface area contributed by atoms with Crippen molar-refractivity contribution in [2.24, 2.45) is 0 Å². The first-order chi connectivity index (χ1) is 6.19. The fourth-order valence-corrected chi connectivity index (χ4v) is 1.26. The number of hydrogen-bond acceptors (Lipinski definition) is 3. The number of ether oxygens (including phenoxy) is 1. The molecule has 0 saturated heterocycles. The SMILES string of the molecule is CCOc1cc(O)cc(O)c1CC. The van der Waals surface area contributed by atoms with Crippen molar-refractivity contribution in [3.05, 3.63) is 17.7 Å². The van der Waals surface area contributed by atoms with E-state index in [2.05, 4.69) is 0 Å². The van der Waals surface area contributed by atoms with Gasteiger partial charge in [-0.05, 0) is 13.3 Å². The molecule has 13 heavy (non-hydrogen) atoms. The van der Waals surface area contributed by atoms with Crippen LogP contribution in [0.4, 0.5) is 0 Å². The van der Waals surface area contributed by atoms with E-state index in [9.17, 15) is 10.2 Å². The topological polar surface area (TPSA) is 49.7 Å². The van der Waals surface area contributed by atoms with Gasteiger partial charge in [0.05, 0.1) is 6.61 Å². The van der Waals surface area contributed by atoms with Crippen molar-refractivity contribution in [2.45, 2.75) is 20.3 Å². The highest BCUT2D eigenvalue weighted by atomic mass is 16.5. The Kier molecular flexibility index (Phi) is 3.01. The van der Waals surface area contributed by atoms with Gasteiger partial charge in [-0.1, -0.05) is 6.92 Å². The highest BCUT2D eigenvalue weighted by molar-refractivity contribution is 5.49. The van der Waals surface area contributed by atoms with Crippen LogP contribution in [0.25, 0.3) is 0 Å². The third-order valence-corrected chi connectivity index (χ3v) is 1.82. The standard InChI is InChI=1S/C10H14O3/c1-3-8-9(12)5-7(11)6-10(8)13-4-2/h5-6,11-12H,3-4H2,1-2H3. The second kappa shape index (κ2) is 4.03. The number of hydrogen-bond donors (Lipinski definition) is 2. The lowest BCUT2D eigenvalue weighted by Gasteiger charge is -2.10. The van der Waals surface area contributed by atoms with Crippen LogP contribution in [0.3, 0.4) is 0 Å². The molecule has 1 rings (SSSR count). The molecule has 2 N–H and O–H groups in total. The number of benzene rings is 1. The van der Waals surface area contributed by atoms with Crippen molar-refractivity contribution in [2.75, 3.05) is 6.61 Å². The average molecular weight is 182 g/mol. The van der Waals surface area contributed by atoms with Gasteiger partial charge in [-0.25, -0.2) is 0 Å². The van der Waals surface area contributed by atoms with E-state index in [1.165, 1.54) is 12.1 Å². The van der Waals surface area contributed by atoms with Gasteiger partial charge in [-0.2, -0.15) is 0 Å². The molecule has 0 aliphatic heterocycles. The fourth-order valence-electron chi connectivity index (χ4n) is 1.26. The zero-order chi connectivity index (χ0) is 9.84. The summed E-state index contributed by atoms with van der Waals surface area (Å²) >= 11 is 0. The number of aromatic hydroxyl groups is 2. The minimum absolute atomic E-state index is 0.0261. The van der Waals surface area contributed by atoms with Crippen molar-refractivity contribution in [1.82, 2.24) is 0 Å². The van der Waals surface area contributed by atoms with E-state index in [4.69, 9.17) is 4.74 Å². The molecule has 0 unspecified atom stereocenters. The van der Waals surface area contributed by atoms with Gasteiger partial charge in [0.25, 0.3) is 0 Å². The Labute approximate surface area is 77.6 Å². The van der Waals surface area contributed by atoms with E-state index in [-0.39, 0.29) is 11.5 Å². The van der Waals surface area contributed by atoms with E-state index in [0.717, 1.165) is 5.56 Å². The van der Waals surface area contributed by atoms with E-state index in [0.29, 0.717) is 18.8 Å². The molecule has 0 bridgehead atoms. The normalized spacial score (nSPS) is 10.0. The summed E-state index contributed by atoms with van der Waals surface area (Å²) in [6.07, 6.45) is 0.682. The van der Waals surface area contributed by atoms with Gasteiger partial charge in [0.2, 0.25) is 0 Å². The third-order valence-electron chi connectivity index (χ3n) is 1.82. The molecule has 3 nitrogen and oxygen atoms in total. The van der Waals surface area contributed by atoms with Crippen LogP contribution in [-0.2, 0) is 6.42 Å². The molecule has 0 saturated carbocycles. The highest BCUT2D eigenvalue weighted by Crippen LogP contribution is 2.32. The molecule has 0 atom stereocenters. The van der Waals surface area contributed by atoms with E-state index in [1.54, 1.807) is 0 Å². The lowest BCUT2D eigenvalue weighted by atomic mass is 10.1. The van der Waals surface area contributed by atoms with Crippen LogP contribution in [0.5, 0.6) is 17.2 Å². The van der Waals surface area contributed by atoms with Crippen LogP contribution >= 0.6 is 0 Å². The maximum Gasteiger partial charge on any atom is 0.129 e. The van der Waals surface area contributed by atoms with Crippen molar-refractivity contribution in [3.8, 4) is 17.2 Å². The molecule has 0 aliphatic rings. The minimum atomic E-state index is 0.0261. The Balaban J connectivity index is 3.13. The van der Waals surface area contributed by atoms with E-state index in [1.807, 2.05) is 13.8 Å². The lowest BCUT2D eigenvalue weighted by molar-refractivity contribution is 0.330. The lowest BCUT2D eigenvalue weighted by Crippen LogP contribution is -1.96. The van der Waals surface area contributed by atoms with Crippen LogP contribution < -0.4 is 4.74 Å². The Hall–Kier alpha value is -1.38. The molecule has 0 aliphatic carbocycles. The largest absolute Gasteiger partial charge is 0.508 e. The molecular weight excluding hydrogens is 168 g/mol. The Bertz CT molecular complexity index is 294. The molecule has 0 heterocycles. The minimum Gasteiger partial charge on any atom is -0.508 e. The molecule has 0 amide bonds. The maximum absolute atomic E-state index is 9.46. The molecule has 1 aromatic rings. The predicted octanol–water partition coefficient (Wildman–Crippen LogP) is 2.06. The quantitative estimate of drug-likeness (QED) is 0.752. The highest BCUT2D eigenvalue weighted by Gasteiger charge is 2.08. The third kappa shape index (κ3) is 2.05. The average Bonchev–Trinajstić information content (AvgIpc) is 2.04. The smallest absolute Gasteiger partial charge is 0.129 e. The monoisotopic (exact) mass is 182 g/mol. The van der Waals surface area contributed by atoms with Gasteiger partial charge in [-0.3, -0.25) is 0 Å². The van der Waals surface area contributed by atoms with Gasteiger partial charge in [0.1, 0.15) is 17.2 Å². The molecule has 1 aromatic carbocycles. The van der Waals surface area contributed by atoms with Crippen LogP contribution in [-0.4, -0.2) is 16.8 Å². The Morgan fingerprint density at radius 3 is 2.46 bits per heavy atom. The first-order valence-electron chi connectivity index (χ1n) is 4.36. The summed E-state index contributed by atoms with van der Waals surface area (Å²) in [5.74, 6) is 0.673. The predicted molar refractivity (Wildman–Crippen MR) is 50.3 cm³/mol. The van der Waals surface area contributed by atoms with Crippen LogP contribution in [0.15, 0.2) is 12.1 Å². The molecule has 72 valence electrons. The van der Waals surface area contributed by atoms with E-state index < -0.39 is 0 Å². The van der Waals surface area contributed by atoms with Crippen LogP contribution in [0, 0.1) is 0 Å². The molecular formula is C10H14O3. The van der Waals surface area contributed by atoms with Crippen molar-refractivity contribution >= 4 is 0 Å². The van der Waals surface area contributed by atoms with Gasteiger partial charge in [0.15, 0.2) is 0 Å². The molecule has 0 radical (unpaired) electrons. The summed E-state index contributed by atoms with van der Waals surface area (Å²) in [5, 5.41) is 18.7. The van der Waals surface area contributed by atoms with Gasteiger partial charge in [0, 0.05) is 17.7 Å². The summed E-state index contributed by atoms with van der Waals surface area (Å²) in [7, 11) is 0. The first-order valence-corrected chi connectivity index (χ1v) is 4.36. The molecule has 0 aromatic heterocycles. The number of phenols is 2. The van der Waals surface area contributed by atoms with Gasteiger partial charge in [-0.15, -0.1) is 0 Å². The Morgan fingerprint density at radius 2 is 1.92 bits per heavy atom. The second-order valence-corrected chi connectivity index (χ2v) is 2.73. The van der Waals surface area contributed by atoms with Crippen molar-refractivity contribution in [3.63, 3.8) is 0 Å². The first kappa shape index (κ1) is 9.71. The summed E-state index contributed by atoms with van der Waals surface area (Å²) < 4.78 is 5.27. The second-order valence-electron chi connectivity index (χ2n) is 2.73. The Morgan fingerprint density at radius 1 is 1.23 bits per heavy atom. The van der Waals surface area contributed by atoms with E-state index >= 15 is 0 Å². The summed E-state index contributed by atoms with van der Waals surface area (Å²) in [4.78, 5) is 0. The van der Waals surface area contributed by atoms with Crippen LogP contribution in [0.2, 0.25) is 0 Å². The number of rotatable bonds is 3. The van der Waals surface area contributed by atoms with Crippen molar-refractivity contribution in [1.29, 1.82) is 0 Å². The van der Waals surface area contributed by atoms with Crippen molar-refractivity contribution < 1.29 is 14.9 Å². The van der Waals surface area contributed by atoms with Crippen LogP contribution in [0.1, 0.15) is 19.4 Å². The summed E-state index contributed by atoms with van der Waals surface area (Å²) in [6.45, 7) is 4.31. The van der Waals surface area contributed by atoms with Gasteiger partial charge < -0.3 is 14.9 Å². The molecule has 3 heteroatoms. The zero-order valence-electron chi connectivity index (χ0n) is 7.87. The summed E-state index contributed by atoms with van der Waals surface area (Å²) in [6, 6.07) is 2.84. The van der Waals surface area contributed by atoms with Gasteiger partial charge >= 0.3 is 0 Å². The maximum atomic E-state index is 9.46.